The Morgan fingerprint density at radius 2 is 1.76 bits per heavy atom. The van der Waals surface area contributed by atoms with Crippen LogP contribution in [0.4, 0.5) is 0 Å². The van der Waals surface area contributed by atoms with E-state index in [1.807, 2.05) is 12.1 Å². The van der Waals surface area contributed by atoms with Gasteiger partial charge in [0.15, 0.2) is 0 Å². The number of nitrogens with zero attached hydrogens (tertiary/aromatic N) is 1. The molecule has 0 aromatic heterocycles. The van der Waals surface area contributed by atoms with Crippen LogP contribution in [0, 0.1) is 5.92 Å². The Kier molecular flexibility index (Phi) is 8.50. The second-order valence-corrected chi connectivity index (χ2v) is 6.19. The van der Waals surface area contributed by atoms with Crippen LogP contribution in [0.3, 0.4) is 0 Å². The molecule has 0 aliphatic heterocycles. The van der Waals surface area contributed by atoms with Crippen molar-refractivity contribution in [3.63, 3.8) is 0 Å². The van der Waals surface area contributed by atoms with Crippen molar-refractivity contribution in [2.45, 2.75) is 26.2 Å². The Bertz CT molecular complexity index is 508. The first-order valence-electron chi connectivity index (χ1n) is 6.68. The molecule has 21 heavy (non-hydrogen) atoms. The van der Waals surface area contributed by atoms with Crippen LogP contribution in [0.5, 0.6) is 5.75 Å². The van der Waals surface area contributed by atoms with Gasteiger partial charge >= 0.3 is 10.4 Å². The average molecular weight is 319 g/mol. The highest BCUT2D eigenvalue weighted by molar-refractivity contribution is 7.79. The summed E-state index contributed by atoms with van der Waals surface area (Å²) in [7, 11) is -0.461. The number of phenols is 1. The van der Waals surface area contributed by atoms with Gasteiger partial charge in [-0.05, 0) is 50.0 Å². The topological polar surface area (TPSA) is 98.1 Å². The van der Waals surface area contributed by atoms with Crippen LogP contribution in [-0.4, -0.2) is 48.2 Å². The third kappa shape index (κ3) is 10.3. The fourth-order valence-electron chi connectivity index (χ4n) is 2.43. The van der Waals surface area contributed by atoms with Gasteiger partial charge in [-0.25, -0.2) is 0 Å². The first kappa shape index (κ1) is 19.9. The molecule has 0 saturated heterocycles. The number of hydrogen-bond acceptors (Lipinski definition) is 4. The number of benzene rings is 1. The van der Waals surface area contributed by atoms with Gasteiger partial charge in [-0.3, -0.25) is 9.11 Å². The van der Waals surface area contributed by atoms with E-state index in [4.69, 9.17) is 17.5 Å². The first-order valence-corrected chi connectivity index (χ1v) is 8.07. The summed E-state index contributed by atoms with van der Waals surface area (Å²) in [6.07, 6.45) is 1.11. The summed E-state index contributed by atoms with van der Waals surface area (Å²) in [4.78, 5) is 2.22. The minimum Gasteiger partial charge on any atom is -0.508 e. The summed E-state index contributed by atoms with van der Waals surface area (Å²) in [6.45, 7) is 5.56. The molecule has 0 spiro atoms. The molecule has 0 heterocycles. The van der Waals surface area contributed by atoms with Gasteiger partial charge in [0.2, 0.25) is 0 Å². The van der Waals surface area contributed by atoms with E-state index < -0.39 is 10.4 Å². The van der Waals surface area contributed by atoms with Gasteiger partial charge in [0.25, 0.3) is 0 Å². The number of hydrogen-bond donors (Lipinski definition) is 3. The third-order valence-electron chi connectivity index (χ3n) is 3.08. The molecule has 0 bridgehead atoms. The molecule has 6 nitrogen and oxygen atoms in total. The van der Waals surface area contributed by atoms with Crippen molar-refractivity contribution in [3.8, 4) is 5.75 Å². The lowest BCUT2D eigenvalue weighted by Gasteiger charge is -2.26. The zero-order valence-electron chi connectivity index (χ0n) is 12.9. The van der Waals surface area contributed by atoms with Crippen LogP contribution in [0.2, 0.25) is 0 Å². The smallest absolute Gasteiger partial charge is 0.394 e. The van der Waals surface area contributed by atoms with Crippen molar-refractivity contribution < 1.29 is 22.6 Å². The monoisotopic (exact) mass is 319 g/mol. The molecule has 1 aromatic carbocycles. The molecule has 1 aromatic rings. The van der Waals surface area contributed by atoms with Crippen LogP contribution >= 0.6 is 0 Å². The van der Waals surface area contributed by atoms with Crippen LogP contribution in [-0.2, 0) is 10.4 Å². The van der Waals surface area contributed by atoms with Crippen molar-refractivity contribution in [1.29, 1.82) is 0 Å². The summed E-state index contributed by atoms with van der Waals surface area (Å²) in [5.74, 6) is 1.49. The zero-order valence-corrected chi connectivity index (χ0v) is 13.7. The molecule has 0 saturated carbocycles. The minimum atomic E-state index is -4.67. The third-order valence-corrected chi connectivity index (χ3v) is 3.08. The maximum Gasteiger partial charge on any atom is 0.394 e. The number of rotatable bonds is 5. The van der Waals surface area contributed by atoms with E-state index in [2.05, 4.69) is 38.9 Å². The molecule has 0 fully saturated rings. The molecule has 0 radical (unpaired) electrons. The zero-order chi connectivity index (χ0) is 16.6. The van der Waals surface area contributed by atoms with Crippen molar-refractivity contribution in [2.75, 3.05) is 20.6 Å². The maximum absolute atomic E-state index is 9.51. The van der Waals surface area contributed by atoms with Crippen molar-refractivity contribution in [3.05, 3.63) is 29.8 Å². The van der Waals surface area contributed by atoms with Crippen molar-refractivity contribution in [1.82, 2.24) is 4.90 Å². The van der Waals surface area contributed by atoms with E-state index in [1.165, 1.54) is 5.56 Å². The standard InChI is InChI=1S/C14H23NO.H2O4S/c1-5-14(11(2)10-15(3)4)12-7-6-8-13(16)9-12;1-5(2,3)4/h6-9,11,14,16H,5,10H2,1-4H3;(H2,1,2,3,4)/t11-,14+;/m1./s1. The van der Waals surface area contributed by atoms with E-state index in [0.29, 0.717) is 17.6 Å². The molecule has 0 aliphatic carbocycles. The van der Waals surface area contributed by atoms with Crippen LogP contribution < -0.4 is 0 Å². The molecule has 0 unspecified atom stereocenters. The second-order valence-electron chi connectivity index (χ2n) is 5.30. The van der Waals surface area contributed by atoms with Gasteiger partial charge in [0.05, 0.1) is 0 Å². The second kappa shape index (κ2) is 8.99. The Hall–Kier alpha value is -1.15. The number of aromatic hydroxyl groups is 1. The maximum atomic E-state index is 9.51. The Balaban J connectivity index is 0.000000690. The predicted molar refractivity (Wildman–Crippen MR) is 83.0 cm³/mol. The van der Waals surface area contributed by atoms with Gasteiger partial charge in [-0.15, -0.1) is 0 Å². The Labute approximate surface area is 127 Å². The molecule has 2 atom stereocenters. The summed E-state index contributed by atoms with van der Waals surface area (Å²) in [5, 5.41) is 9.51. The largest absolute Gasteiger partial charge is 0.508 e. The van der Waals surface area contributed by atoms with Gasteiger partial charge in [-0.2, -0.15) is 8.42 Å². The first-order chi connectivity index (χ1) is 9.54. The Morgan fingerprint density at radius 1 is 1.24 bits per heavy atom. The molecule has 122 valence electrons. The summed E-state index contributed by atoms with van der Waals surface area (Å²) in [5.41, 5.74) is 1.25. The highest BCUT2D eigenvalue weighted by atomic mass is 32.3. The Morgan fingerprint density at radius 3 is 2.14 bits per heavy atom. The van der Waals surface area contributed by atoms with E-state index in [0.717, 1.165) is 13.0 Å². The molecule has 3 N–H and O–H groups in total. The van der Waals surface area contributed by atoms with E-state index >= 15 is 0 Å². The molecular formula is C14H25NO5S. The lowest BCUT2D eigenvalue weighted by molar-refractivity contribution is 0.301. The van der Waals surface area contributed by atoms with Gasteiger partial charge in [-0.1, -0.05) is 26.0 Å². The molecule has 0 aliphatic rings. The lowest BCUT2D eigenvalue weighted by Crippen LogP contribution is -2.24. The highest BCUT2D eigenvalue weighted by Crippen LogP contribution is 2.30. The average Bonchev–Trinajstić information content (AvgIpc) is 2.26. The summed E-state index contributed by atoms with van der Waals surface area (Å²) >= 11 is 0. The van der Waals surface area contributed by atoms with E-state index in [1.54, 1.807) is 6.07 Å². The molecule has 7 heteroatoms. The molecule has 0 amide bonds. The van der Waals surface area contributed by atoms with Crippen LogP contribution in [0.25, 0.3) is 0 Å². The lowest BCUT2D eigenvalue weighted by atomic mass is 9.85. The van der Waals surface area contributed by atoms with Gasteiger partial charge < -0.3 is 10.0 Å². The van der Waals surface area contributed by atoms with E-state index in [9.17, 15) is 5.11 Å². The van der Waals surface area contributed by atoms with Crippen molar-refractivity contribution >= 4 is 10.4 Å². The molecule has 1 rings (SSSR count). The highest BCUT2D eigenvalue weighted by Gasteiger charge is 2.18. The predicted octanol–water partition coefficient (Wildman–Crippen LogP) is 2.43. The fourth-order valence-corrected chi connectivity index (χ4v) is 2.43. The van der Waals surface area contributed by atoms with Gasteiger partial charge in [0, 0.05) is 6.54 Å². The number of phenolic OH excluding ortho intramolecular Hbond substituents is 1. The summed E-state index contributed by atoms with van der Waals surface area (Å²) in [6, 6.07) is 7.66. The SMILES string of the molecule is CC[C@H](c1cccc(O)c1)[C@H](C)CN(C)C.O=S(=O)(O)O. The van der Waals surface area contributed by atoms with Crippen LogP contribution in [0.1, 0.15) is 31.7 Å². The normalized spacial score (nSPS) is 14.2. The van der Waals surface area contributed by atoms with Gasteiger partial charge in [0.1, 0.15) is 5.75 Å². The summed E-state index contributed by atoms with van der Waals surface area (Å²) < 4.78 is 31.6. The minimum absolute atomic E-state index is 0.369. The van der Waals surface area contributed by atoms with E-state index in [-0.39, 0.29) is 0 Å². The fraction of sp³-hybridized carbons (Fsp3) is 0.571. The quantitative estimate of drug-likeness (QED) is 0.721. The molecular weight excluding hydrogens is 294 g/mol. The van der Waals surface area contributed by atoms with Crippen molar-refractivity contribution in [2.24, 2.45) is 5.92 Å². The van der Waals surface area contributed by atoms with Crippen LogP contribution in [0.15, 0.2) is 24.3 Å².